The number of rotatable bonds is 5. The molecule has 162 valence electrons. The van der Waals surface area contributed by atoms with Crippen molar-refractivity contribution < 1.29 is 13.2 Å². The molecule has 8 heteroatoms. The van der Waals surface area contributed by atoms with Gasteiger partial charge in [-0.1, -0.05) is 12.1 Å². The van der Waals surface area contributed by atoms with Gasteiger partial charge in [0.15, 0.2) is 0 Å². The summed E-state index contributed by atoms with van der Waals surface area (Å²) in [5.74, 6) is 2.69. The number of hydrogen-bond donors (Lipinski definition) is 0. The van der Waals surface area contributed by atoms with E-state index in [0.29, 0.717) is 13.1 Å². The molecule has 3 heterocycles. The van der Waals surface area contributed by atoms with Crippen LogP contribution in [-0.4, -0.2) is 55.7 Å². The summed E-state index contributed by atoms with van der Waals surface area (Å²) in [6.07, 6.45) is 5.11. The maximum atomic E-state index is 12.0. The van der Waals surface area contributed by atoms with Gasteiger partial charge in [-0.05, 0) is 50.3 Å². The Morgan fingerprint density at radius 1 is 1.13 bits per heavy atom. The zero-order chi connectivity index (χ0) is 21.3. The van der Waals surface area contributed by atoms with Gasteiger partial charge in [-0.3, -0.25) is 0 Å². The molecule has 1 atom stereocenters. The maximum absolute atomic E-state index is 12.0. The zero-order valence-electron chi connectivity index (χ0n) is 18.0. The predicted octanol–water partition coefficient (Wildman–Crippen LogP) is 2.89. The minimum atomic E-state index is -3.19. The largest absolute Gasteiger partial charge is 0.497 e. The second-order valence-electron chi connectivity index (χ2n) is 8.30. The van der Waals surface area contributed by atoms with E-state index in [1.54, 1.807) is 11.4 Å². The number of sulfonamides is 1. The fourth-order valence-electron chi connectivity index (χ4n) is 4.45. The van der Waals surface area contributed by atoms with Crippen LogP contribution in [0.15, 0.2) is 24.3 Å². The maximum Gasteiger partial charge on any atom is 0.211 e. The van der Waals surface area contributed by atoms with Crippen LogP contribution >= 0.6 is 0 Å². The lowest BCUT2D eigenvalue weighted by Gasteiger charge is -2.34. The summed E-state index contributed by atoms with van der Waals surface area (Å²) < 4.78 is 30.9. The number of fused-ring (bicyclic) bond motifs is 1. The molecule has 0 saturated carbocycles. The minimum absolute atomic E-state index is 0.0437. The van der Waals surface area contributed by atoms with Crippen molar-refractivity contribution in [2.24, 2.45) is 0 Å². The molecule has 2 aromatic rings. The molecular weight excluding hydrogens is 400 g/mol. The van der Waals surface area contributed by atoms with Gasteiger partial charge in [0.2, 0.25) is 10.0 Å². The third kappa shape index (κ3) is 4.44. The second-order valence-corrected chi connectivity index (χ2v) is 10.3. The van der Waals surface area contributed by atoms with Crippen molar-refractivity contribution in [1.82, 2.24) is 14.3 Å². The van der Waals surface area contributed by atoms with Crippen molar-refractivity contribution in [1.29, 1.82) is 0 Å². The Hall–Kier alpha value is -2.19. The number of benzene rings is 1. The standard InChI is InChI=1S/C22H30N4O3S/c1-16-20-7-5-12-25(14-17-8-10-19(29-2)11-9-17)22(20)24-21(23-16)18-6-4-13-26(15-18)30(3,27)28/h8-11,18H,4-7,12-15H2,1-3H3/t18-/m0/s1. The van der Waals surface area contributed by atoms with E-state index in [-0.39, 0.29) is 5.92 Å². The first kappa shape index (κ1) is 21.1. The molecular formula is C22H30N4O3S. The monoisotopic (exact) mass is 430 g/mol. The van der Waals surface area contributed by atoms with Crippen LogP contribution in [0.4, 0.5) is 5.82 Å². The van der Waals surface area contributed by atoms with Gasteiger partial charge in [0.1, 0.15) is 17.4 Å². The average Bonchev–Trinajstić information content (AvgIpc) is 2.74. The molecule has 0 unspecified atom stereocenters. The predicted molar refractivity (Wildman–Crippen MR) is 118 cm³/mol. The van der Waals surface area contributed by atoms with Crippen LogP contribution in [0.3, 0.4) is 0 Å². The molecule has 1 fully saturated rings. The molecule has 0 radical (unpaired) electrons. The highest BCUT2D eigenvalue weighted by molar-refractivity contribution is 7.88. The van der Waals surface area contributed by atoms with Crippen LogP contribution < -0.4 is 9.64 Å². The number of piperidine rings is 1. The van der Waals surface area contributed by atoms with Crippen LogP contribution in [0.5, 0.6) is 5.75 Å². The summed E-state index contributed by atoms with van der Waals surface area (Å²) in [4.78, 5) is 12.1. The van der Waals surface area contributed by atoms with Gasteiger partial charge >= 0.3 is 0 Å². The van der Waals surface area contributed by atoms with Crippen LogP contribution in [0.2, 0.25) is 0 Å². The van der Waals surface area contributed by atoms with Gasteiger partial charge in [0, 0.05) is 43.4 Å². The van der Waals surface area contributed by atoms with Gasteiger partial charge < -0.3 is 9.64 Å². The first-order valence-electron chi connectivity index (χ1n) is 10.6. The van der Waals surface area contributed by atoms with E-state index >= 15 is 0 Å². The van der Waals surface area contributed by atoms with E-state index in [1.807, 2.05) is 12.1 Å². The van der Waals surface area contributed by atoms with E-state index < -0.39 is 10.0 Å². The molecule has 2 aliphatic heterocycles. The summed E-state index contributed by atoms with van der Waals surface area (Å²) in [6, 6.07) is 8.15. The normalized spacial score (nSPS) is 20.1. The fraction of sp³-hybridized carbons (Fsp3) is 0.545. The third-order valence-electron chi connectivity index (χ3n) is 6.11. The number of methoxy groups -OCH3 is 1. The number of anilines is 1. The molecule has 0 amide bonds. The van der Waals surface area contributed by atoms with Crippen molar-refractivity contribution >= 4 is 15.8 Å². The smallest absolute Gasteiger partial charge is 0.211 e. The van der Waals surface area contributed by atoms with Crippen LogP contribution in [0.1, 0.15) is 47.8 Å². The Morgan fingerprint density at radius 2 is 1.90 bits per heavy atom. The molecule has 0 spiro atoms. The van der Waals surface area contributed by atoms with Crippen LogP contribution in [-0.2, 0) is 23.0 Å². The Kier molecular flexibility index (Phi) is 5.97. The molecule has 1 aromatic carbocycles. The Morgan fingerprint density at radius 3 is 2.60 bits per heavy atom. The SMILES string of the molecule is COc1ccc(CN2CCCc3c(C)nc([C@H]4CCCN(S(C)(=O)=O)C4)nc32)cc1. The molecule has 1 aromatic heterocycles. The number of hydrogen-bond acceptors (Lipinski definition) is 6. The second kappa shape index (κ2) is 8.51. The van der Waals surface area contributed by atoms with Crippen molar-refractivity contribution in [3.05, 3.63) is 46.9 Å². The van der Waals surface area contributed by atoms with E-state index in [2.05, 4.69) is 24.0 Å². The van der Waals surface area contributed by atoms with Crippen LogP contribution in [0, 0.1) is 6.92 Å². The quantitative estimate of drug-likeness (QED) is 0.726. The van der Waals surface area contributed by atoms with Gasteiger partial charge in [-0.25, -0.2) is 22.7 Å². The molecule has 2 aliphatic rings. The van der Waals surface area contributed by atoms with Crippen LogP contribution in [0.25, 0.3) is 0 Å². The van der Waals surface area contributed by atoms with E-state index in [1.165, 1.54) is 17.4 Å². The summed E-state index contributed by atoms with van der Waals surface area (Å²) in [5.41, 5.74) is 3.45. The highest BCUT2D eigenvalue weighted by Gasteiger charge is 2.30. The van der Waals surface area contributed by atoms with Gasteiger partial charge in [0.05, 0.1) is 13.4 Å². The Labute approximate surface area is 179 Å². The molecule has 0 bridgehead atoms. The number of aromatic nitrogens is 2. The zero-order valence-corrected chi connectivity index (χ0v) is 18.8. The lowest BCUT2D eigenvalue weighted by Crippen LogP contribution is -2.39. The molecule has 0 aliphatic carbocycles. The highest BCUT2D eigenvalue weighted by atomic mass is 32.2. The van der Waals surface area contributed by atoms with Crippen molar-refractivity contribution in [3.63, 3.8) is 0 Å². The lowest BCUT2D eigenvalue weighted by molar-refractivity contribution is 0.310. The lowest BCUT2D eigenvalue weighted by atomic mass is 9.97. The minimum Gasteiger partial charge on any atom is -0.497 e. The number of aryl methyl sites for hydroxylation is 1. The van der Waals surface area contributed by atoms with E-state index in [9.17, 15) is 8.42 Å². The summed E-state index contributed by atoms with van der Waals surface area (Å²) in [5, 5.41) is 0. The van der Waals surface area contributed by atoms with E-state index in [0.717, 1.165) is 61.9 Å². The van der Waals surface area contributed by atoms with Crippen molar-refractivity contribution in [3.8, 4) is 5.75 Å². The molecule has 0 N–H and O–H groups in total. The highest BCUT2D eigenvalue weighted by Crippen LogP contribution is 2.33. The fourth-order valence-corrected chi connectivity index (χ4v) is 5.36. The molecule has 30 heavy (non-hydrogen) atoms. The molecule has 4 rings (SSSR count). The van der Waals surface area contributed by atoms with E-state index in [4.69, 9.17) is 14.7 Å². The number of ether oxygens (including phenoxy) is 1. The average molecular weight is 431 g/mol. The van der Waals surface area contributed by atoms with Crippen molar-refractivity contribution in [2.45, 2.75) is 45.1 Å². The summed E-state index contributed by atoms with van der Waals surface area (Å²) in [6.45, 7) is 4.85. The Bertz CT molecular complexity index is 1010. The first-order chi connectivity index (χ1) is 14.3. The Balaban J connectivity index is 1.61. The molecule has 7 nitrogen and oxygen atoms in total. The number of nitrogens with zero attached hydrogens (tertiary/aromatic N) is 4. The molecule has 1 saturated heterocycles. The summed E-state index contributed by atoms with van der Waals surface area (Å²) in [7, 11) is -1.52. The third-order valence-corrected chi connectivity index (χ3v) is 7.38. The van der Waals surface area contributed by atoms with Gasteiger partial charge in [0.25, 0.3) is 0 Å². The van der Waals surface area contributed by atoms with Crippen molar-refractivity contribution in [2.75, 3.05) is 37.9 Å². The first-order valence-corrected chi connectivity index (χ1v) is 12.4. The van der Waals surface area contributed by atoms with Gasteiger partial charge in [-0.2, -0.15) is 0 Å². The topological polar surface area (TPSA) is 75.6 Å². The summed E-state index contributed by atoms with van der Waals surface area (Å²) >= 11 is 0. The van der Waals surface area contributed by atoms with Gasteiger partial charge in [-0.15, -0.1) is 0 Å².